The second-order valence-electron chi connectivity index (χ2n) is 9.96. The zero-order valence-electron chi connectivity index (χ0n) is 19.9. The van der Waals surface area contributed by atoms with Crippen LogP contribution in [0.4, 0.5) is 5.69 Å². The highest BCUT2D eigenvalue weighted by molar-refractivity contribution is 7.89. The van der Waals surface area contributed by atoms with Crippen LogP contribution in [0.5, 0.6) is 0 Å². The van der Waals surface area contributed by atoms with Gasteiger partial charge in [0.05, 0.1) is 4.90 Å². The number of rotatable bonds is 4. The molecule has 2 aliphatic heterocycles. The van der Waals surface area contributed by atoms with Crippen LogP contribution in [-0.2, 0) is 26.0 Å². The molecule has 8 heteroatoms. The number of hydrogen-bond donors (Lipinski definition) is 1. The molecule has 0 spiro atoms. The van der Waals surface area contributed by atoms with E-state index in [-0.39, 0.29) is 34.7 Å². The van der Waals surface area contributed by atoms with Gasteiger partial charge in [0.25, 0.3) is 0 Å². The Hall–Kier alpha value is -1.93. The maximum Gasteiger partial charge on any atom is 0.243 e. The molecule has 1 saturated heterocycles. The number of anilines is 1. The zero-order chi connectivity index (χ0) is 23.6. The molecule has 1 aromatic carbocycles. The van der Waals surface area contributed by atoms with Gasteiger partial charge in [-0.15, -0.1) is 0 Å². The van der Waals surface area contributed by atoms with Gasteiger partial charge in [-0.1, -0.05) is 32.1 Å². The van der Waals surface area contributed by atoms with Crippen molar-refractivity contribution in [2.75, 3.05) is 18.0 Å². The van der Waals surface area contributed by atoms with Gasteiger partial charge in [0, 0.05) is 43.7 Å². The maximum absolute atomic E-state index is 13.3. The monoisotopic (exact) mass is 475 g/mol. The zero-order valence-corrected chi connectivity index (χ0v) is 20.7. The fourth-order valence-electron chi connectivity index (χ4n) is 5.67. The molecule has 2 amide bonds. The summed E-state index contributed by atoms with van der Waals surface area (Å²) in [6.45, 7) is 4.23. The highest BCUT2D eigenvalue weighted by Gasteiger charge is 2.35. The third kappa shape index (κ3) is 5.27. The molecule has 4 rings (SSSR count). The summed E-state index contributed by atoms with van der Waals surface area (Å²) in [5.74, 6) is -0.0584. The lowest BCUT2D eigenvalue weighted by atomic mass is 9.94. The van der Waals surface area contributed by atoms with E-state index in [0.29, 0.717) is 32.4 Å². The largest absolute Gasteiger partial charge is 0.353 e. The Bertz CT molecular complexity index is 977. The van der Waals surface area contributed by atoms with Crippen molar-refractivity contribution in [2.45, 2.75) is 95.0 Å². The van der Waals surface area contributed by atoms with E-state index in [9.17, 15) is 18.0 Å². The Morgan fingerprint density at radius 2 is 1.61 bits per heavy atom. The van der Waals surface area contributed by atoms with Crippen LogP contribution in [0.2, 0.25) is 0 Å². The van der Waals surface area contributed by atoms with Crippen LogP contribution < -0.4 is 10.2 Å². The highest BCUT2D eigenvalue weighted by atomic mass is 32.2. The Labute approximate surface area is 198 Å². The second kappa shape index (κ2) is 10.1. The minimum Gasteiger partial charge on any atom is -0.353 e. The molecular formula is C25H37N3O4S. The van der Waals surface area contributed by atoms with Gasteiger partial charge in [-0.2, -0.15) is 4.31 Å². The Balaban J connectivity index is 1.37. The molecule has 33 heavy (non-hydrogen) atoms. The van der Waals surface area contributed by atoms with Crippen LogP contribution in [0.25, 0.3) is 0 Å². The number of carbonyl (C=O) groups excluding carboxylic acids is 2. The number of carbonyl (C=O) groups is 2. The van der Waals surface area contributed by atoms with Crippen molar-refractivity contribution in [3.63, 3.8) is 0 Å². The summed E-state index contributed by atoms with van der Waals surface area (Å²) in [5, 5.41) is 3.25. The van der Waals surface area contributed by atoms with Gasteiger partial charge < -0.3 is 10.2 Å². The minimum atomic E-state index is -3.63. The SMILES string of the molecule is CC(=O)N1c2ccc(S(=O)(=O)N3CCC(C(=O)NC4CCCCCCC4)CC3)cc2CC1C. The van der Waals surface area contributed by atoms with Crippen molar-refractivity contribution >= 4 is 27.5 Å². The van der Waals surface area contributed by atoms with Crippen LogP contribution in [-0.4, -0.2) is 49.7 Å². The van der Waals surface area contributed by atoms with Crippen molar-refractivity contribution in [3.05, 3.63) is 23.8 Å². The molecule has 2 heterocycles. The number of piperidine rings is 1. The first kappa shape index (κ1) is 24.2. The van der Waals surface area contributed by atoms with Crippen molar-refractivity contribution < 1.29 is 18.0 Å². The average Bonchev–Trinajstić information content (AvgIpc) is 3.10. The van der Waals surface area contributed by atoms with E-state index in [0.717, 1.165) is 24.1 Å². The molecule has 1 saturated carbocycles. The molecule has 0 radical (unpaired) electrons. The fourth-order valence-corrected chi connectivity index (χ4v) is 7.20. The standard InChI is InChI=1S/C25H37N3O4S/c1-18-16-21-17-23(10-11-24(21)28(18)19(2)29)33(31,32)27-14-12-20(13-15-27)25(30)26-22-8-6-4-3-5-7-9-22/h10-11,17-18,20,22H,3-9,12-16H2,1-2H3,(H,26,30). The molecule has 182 valence electrons. The van der Waals surface area contributed by atoms with E-state index in [1.54, 1.807) is 23.1 Å². The molecule has 2 fully saturated rings. The maximum atomic E-state index is 13.3. The van der Waals surface area contributed by atoms with Crippen LogP contribution in [0.3, 0.4) is 0 Å². The third-order valence-corrected chi connectivity index (χ3v) is 9.41. The molecule has 7 nitrogen and oxygen atoms in total. The van der Waals surface area contributed by atoms with E-state index in [1.807, 2.05) is 6.92 Å². The lowest BCUT2D eigenvalue weighted by Gasteiger charge is -2.32. The van der Waals surface area contributed by atoms with Gasteiger partial charge in [0.15, 0.2) is 0 Å². The number of hydrogen-bond acceptors (Lipinski definition) is 4. The fraction of sp³-hybridized carbons (Fsp3) is 0.680. The van der Waals surface area contributed by atoms with Gasteiger partial charge in [0.1, 0.15) is 0 Å². The van der Waals surface area contributed by atoms with Gasteiger partial charge in [-0.25, -0.2) is 8.42 Å². The third-order valence-electron chi connectivity index (χ3n) is 7.52. The molecule has 1 unspecified atom stereocenters. The van der Waals surface area contributed by atoms with Crippen molar-refractivity contribution in [3.8, 4) is 0 Å². The van der Waals surface area contributed by atoms with Crippen LogP contribution in [0.15, 0.2) is 23.1 Å². The number of amides is 2. The molecule has 1 N–H and O–H groups in total. The lowest BCUT2D eigenvalue weighted by molar-refractivity contribution is -0.127. The Morgan fingerprint density at radius 3 is 2.24 bits per heavy atom. The Morgan fingerprint density at radius 1 is 0.970 bits per heavy atom. The first-order chi connectivity index (χ1) is 15.8. The second-order valence-corrected chi connectivity index (χ2v) is 11.9. The summed E-state index contributed by atoms with van der Waals surface area (Å²) in [5.41, 5.74) is 1.70. The summed E-state index contributed by atoms with van der Waals surface area (Å²) in [6.07, 6.45) is 10.0. The number of fused-ring (bicyclic) bond motifs is 1. The van der Waals surface area contributed by atoms with Gasteiger partial charge in [-0.05, 0) is 62.8 Å². The molecule has 1 aliphatic carbocycles. The lowest BCUT2D eigenvalue weighted by Crippen LogP contribution is -2.45. The summed E-state index contributed by atoms with van der Waals surface area (Å²) in [4.78, 5) is 26.8. The number of benzene rings is 1. The van der Waals surface area contributed by atoms with Crippen molar-refractivity contribution in [1.82, 2.24) is 9.62 Å². The quantitative estimate of drug-likeness (QED) is 0.721. The summed E-state index contributed by atoms with van der Waals surface area (Å²) < 4.78 is 28.1. The van der Waals surface area contributed by atoms with E-state index >= 15 is 0 Å². The topological polar surface area (TPSA) is 86.8 Å². The van der Waals surface area contributed by atoms with Crippen molar-refractivity contribution in [1.29, 1.82) is 0 Å². The molecule has 0 aromatic heterocycles. The summed E-state index contributed by atoms with van der Waals surface area (Å²) in [7, 11) is -3.63. The van der Waals surface area contributed by atoms with E-state index < -0.39 is 10.0 Å². The van der Waals surface area contributed by atoms with Crippen LogP contribution in [0, 0.1) is 5.92 Å². The normalized spacial score (nSPS) is 23.6. The molecule has 1 aromatic rings. The average molecular weight is 476 g/mol. The van der Waals surface area contributed by atoms with Crippen LogP contribution >= 0.6 is 0 Å². The van der Waals surface area contributed by atoms with E-state index in [2.05, 4.69) is 5.32 Å². The predicted molar refractivity (Wildman–Crippen MR) is 129 cm³/mol. The first-order valence-corrected chi connectivity index (χ1v) is 13.9. The van der Waals surface area contributed by atoms with E-state index in [4.69, 9.17) is 0 Å². The smallest absolute Gasteiger partial charge is 0.243 e. The van der Waals surface area contributed by atoms with Gasteiger partial charge >= 0.3 is 0 Å². The van der Waals surface area contributed by atoms with Crippen molar-refractivity contribution in [2.24, 2.45) is 5.92 Å². The number of nitrogens with one attached hydrogen (secondary N) is 1. The first-order valence-electron chi connectivity index (χ1n) is 12.5. The summed E-state index contributed by atoms with van der Waals surface area (Å²) >= 11 is 0. The number of nitrogens with zero attached hydrogens (tertiary/aromatic N) is 2. The predicted octanol–water partition coefficient (Wildman–Crippen LogP) is 3.61. The van der Waals surface area contributed by atoms with E-state index in [1.165, 1.54) is 43.3 Å². The molecule has 3 aliphatic rings. The molecule has 0 bridgehead atoms. The van der Waals surface area contributed by atoms with Gasteiger partial charge in [-0.3, -0.25) is 9.59 Å². The highest BCUT2D eigenvalue weighted by Crippen LogP contribution is 2.35. The van der Waals surface area contributed by atoms with Crippen LogP contribution in [0.1, 0.15) is 77.2 Å². The number of sulfonamides is 1. The minimum absolute atomic E-state index is 0.0301. The molecular weight excluding hydrogens is 438 g/mol. The van der Waals surface area contributed by atoms with Gasteiger partial charge in [0.2, 0.25) is 21.8 Å². The Kier molecular flexibility index (Phi) is 7.43. The summed E-state index contributed by atoms with van der Waals surface area (Å²) in [6, 6.07) is 5.38. The molecule has 1 atom stereocenters.